The second-order valence-corrected chi connectivity index (χ2v) is 9.60. The van der Waals surface area contributed by atoms with Gasteiger partial charge in [-0.3, -0.25) is 0 Å². The molecular formula is C24H15ClFNO5S. The summed E-state index contributed by atoms with van der Waals surface area (Å²) in [5.41, 5.74) is 0.958. The maximum atomic E-state index is 13.4. The lowest BCUT2D eigenvalue weighted by molar-refractivity contribution is 0.174. The number of halogens is 2. The maximum absolute atomic E-state index is 13.4. The Morgan fingerprint density at radius 2 is 1.85 bits per heavy atom. The fourth-order valence-corrected chi connectivity index (χ4v) is 5.58. The topological polar surface area (TPSA) is 65.1 Å². The third-order valence-corrected chi connectivity index (χ3v) is 7.40. The summed E-state index contributed by atoms with van der Waals surface area (Å²) in [7, 11) is -4.28. The molecule has 33 heavy (non-hydrogen) atoms. The highest BCUT2D eigenvalue weighted by atomic mass is 35.5. The molecule has 0 aliphatic carbocycles. The molecule has 0 unspecified atom stereocenters. The van der Waals surface area contributed by atoms with E-state index in [1.54, 1.807) is 12.1 Å². The molecule has 3 aromatic rings. The third kappa shape index (κ3) is 3.34. The lowest BCUT2D eigenvalue weighted by Gasteiger charge is -2.26. The SMILES string of the molecule is O=S(=O)(Oc1cccc2c1=CN1CC=c3cc4c(cc3=C1C=2)OCO4)c1ccc(F)cc1Cl. The van der Waals surface area contributed by atoms with Gasteiger partial charge in [0.25, 0.3) is 0 Å². The zero-order valence-corrected chi connectivity index (χ0v) is 18.5. The van der Waals surface area contributed by atoms with Gasteiger partial charge in [-0.15, -0.1) is 0 Å². The Morgan fingerprint density at radius 3 is 2.67 bits per heavy atom. The summed E-state index contributed by atoms with van der Waals surface area (Å²) in [6, 6.07) is 12.1. The van der Waals surface area contributed by atoms with Crippen LogP contribution in [0.3, 0.4) is 0 Å². The van der Waals surface area contributed by atoms with Crippen LogP contribution in [0.25, 0.3) is 24.0 Å². The molecule has 0 bridgehead atoms. The molecule has 9 heteroatoms. The molecule has 3 heterocycles. The van der Waals surface area contributed by atoms with E-state index in [9.17, 15) is 12.8 Å². The zero-order chi connectivity index (χ0) is 22.7. The van der Waals surface area contributed by atoms with Crippen LogP contribution in [0.2, 0.25) is 5.02 Å². The molecule has 0 amide bonds. The highest BCUT2D eigenvalue weighted by Crippen LogP contribution is 2.29. The number of rotatable bonds is 3. The van der Waals surface area contributed by atoms with E-state index in [2.05, 4.69) is 6.08 Å². The Hall–Kier alpha value is -3.49. The van der Waals surface area contributed by atoms with E-state index in [0.717, 1.165) is 45.3 Å². The van der Waals surface area contributed by atoms with Gasteiger partial charge in [0, 0.05) is 28.9 Å². The molecule has 0 saturated heterocycles. The standard InChI is InChI=1S/C24H15ClFNO5S/c25-19-10-16(26)4-5-24(19)33(28,29)32-21-3-1-2-14-8-20-17-11-23-22(30-13-31-23)9-15(17)6-7-27(20)12-18(14)21/h1-6,8-12H,7,13H2. The molecular weight excluding hydrogens is 469 g/mol. The van der Waals surface area contributed by atoms with Crippen molar-refractivity contribution in [2.24, 2.45) is 0 Å². The lowest BCUT2D eigenvalue weighted by atomic mass is 10.0. The second kappa shape index (κ2) is 7.26. The molecule has 0 N–H and O–H groups in total. The number of hydrogen-bond acceptors (Lipinski definition) is 6. The van der Waals surface area contributed by atoms with Crippen LogP contribution in [-0.4, -0.2) is 26.7 Å². The highest BCUT2D eigenvalue weighted by molar-refractivity contribution is 7.87. The molecule has 166 valence electrons. The van der Waals surface area contributed by atoms with Crippen LogP contribution in [0.15, 0.2) is 53.4 Å². The first-order valence-corrected chi connectivity index (χ1v) is 11.8. The van der Waals surface area contributed by atoms with Gasteiger partial charge in [-0.25, -0.2) is 4.39 Å². The van der Waals surface area contributed by atoms with E-state index in [1.807, 2.05) is 35.4 Å². The van der Waals surface area contributed by atoms with Gasteiger partial charge in [0.05, 0.1) is 5.02 Å². The van der Waals surface area contributed by atoms with Crippen molar-refractivity contribution >= 4 is 45.8 Å². The molecule has 3 aliphatic heterocycles. The van der Waals surface area contributed by atoms with Crippen LogP contribution >= 0.6 is 11.6 Å². The highest BCUT2D eigenvalue weighted by Gasteiger charge is 2.23. The van der Waals surface area contributed by atoms with Gasteiger partial charge in [0.2, 0.25) is 6.79 Å². The van der Waals surface area contributed by atoms with E-state index in [1.165, 1.54) is 0 Å². The maximum Gasteiger partial charge on any atom is 0.340 e. The minimum Gasteiger partial charge on any atom is -0.454 e. The van der Waals surface area contributed by atoms with Crippen molar-refractivity contribution in [2.75, 3.05) is 13.3 Å². The number of hydrogen-bond donors (Lipinski definition) is 0. The van der Waals surface area contributed by atoms with Crippen molar-refractivity contribution in [2.45, 2.75) is 4.90 Å². The normalized spacial score (nSPS) is 15.5. The minimum atomic E-state index is -4.28. The first-order valence-electron chi connectivity index (χ1n) is 10.0. The Bertz CT molecular complexity index is 1700. The van der Waals surface area contributed by atoms with Gasteiger partial charge in [-0.1, -0.05) is 29.8 Å². The van der Waals surface area contributed by atoms with E-state index in [4.69, 9.17) is 25.3 Å². The van der Waals surface area contributed by atoms with Crippen molar-refractivity contribution in [3.8, 4) is 17.2 Å². The molecule has 0 saturated carbocycles. The second-order valence-electron chi connectivity index (χ2n) is 7.68. The van der Waals surface area contributed by atoms with Crippen molar-refractivity contribution in [1.29, 1.82) is 0 Å². The monoisotopic (exact) mass is 483 g/mol. The molecule has 6 nitrogen and oxygen atoms in total. The average Bonchev–Trinajstić information content (AvgIpc) is 3.24. The number of benzene rings is 3. The largest absolute Gasteiger partial charge is 0.454 e. The van der Waals surface area contributed by atoms with Gasteiger partial charge < -0.3 is 18.6 Å². The van der Waals surface area contributed by atoms with Crippen LogP contribution in [0.5, 0.6) is 17.2 Å². The molecule has 3 aromatic carbocycles. The summed E-state index contributed by atoms with van der Waals surface area (Å²) < 4.78 is 55.6. The van der Waals surface area contributed by atoms with Crippen LogP contribution in [0.4, 0.5) is 4.39 Å². The lowest BCUT2D eigenvalue weighted by Crippen LogP contribution is -2.43. The average molecular weight is 484 g/mol. The summed E-state index contributed by atoms with van der Waals surface area (Å²) in [6.07, 6.45) is 5.90. The van der Waals surface area contributed by atoms with E-state index >= 15 is 0 Å². The van der Waals surface area contributed by atoms with Crippen molar-refractivity contribution in [3.05, 3.63) is 80.2 Å². The van der Waals surface area contributed by atoms with Crippen LogP contribution in [0.1, 0.15) is 0 Å². The van der Waals surface area contributed by atoms with Gasteiger partial charge in [0.15, 0.2) is 17.2 Å². The Morgan fingerprint density at radius 1 is 1.03 bits per heavy atom. The van der Waals surface area contributed by atoms with E-state index < -0.39 is 15.9 Å². The fraction of sp³-hybridized carbons (Fsp3) is 0.0833. The minimum absolute atomic E-state index is 0.152. The Balaban J connectivity index is 1.48. The van der Waals surface area contributed by atoms with Crippen molar-refractivity contribution in [1.82, 2.24) is 4.90 Å². The first kappa shape index (κ1) is 20.1. The summed E-state index contributed by atoms with van der Waals surface area (Å²) in [4.78, 5) is 1.71. The van der Waals surface area contributed by atoms with E-state index in [-0.39, 0.29) is 22.5 Å². The summed E-state index contributed by atoms with van der Waals surface area (Å²) in [5, 5.41) is 3.20. The van der Waals surface area contributed by atoms with Gasteiger partial charge in [-0.2, -0.15) is 8.42 Å². The van der Waals surface area contributed by atoms with Crippen LogP contribution < -0.4 is 34.5 Å². The van der Waals surface area contributed by atoms with Gasteiger partial charge in [-0.05, 0) is 52.9 Å². The summed E-state index contributed by atoms with van der Waals surface area (Å²) in [6.45, 7) is 0.784. The molecule has 6 rings (SSSR count). The fourth-order valence-electron chi connectivity index (χ4n) is 4.12. The number of fused-ring (bicyclic) bond motifs is 4. The predicted molar refractivity (Wildman–Crippen MR) is 120 cm³/mol. The van der Waals surface area contributed by atoms with E-state index in [0.29, 0.717) is 17.5 Å². The summed E-state index contributed by atoms with van der Waals surface area (Å²) in [5.74, 6) is 0.931. The number of nitrogens with zero attached hydrogens (tertiary/aromatic N) is 1. The molecule has 3 aliphatic rings. The van der Waals surface area contributed by atoms with Gasteiger partial charge in [0.1, 0.15) is 10.7 Å². The molecule has 0 aromatic heterocycles. The quantitative estimate of drug-likeness (QED) is 0.525. The number of ether oxygens (including phenoxy) is 2. The van der Waals surface area contributed by atoms with Crippen molar-refractivity contribution < 1.29 is 26.5 Å². The van der Waals surface area contributed by atoms with Gasteiger partial charge >= 0.3 is 10.1 Å². The van der Waals surface area contributed by atoms with Crippen molar-refractivity contribution in [3.63, 3.8) is 0 Å². The molecule has 0 radical (unpaired) electrons. The Kier molecular flexibility index (Phi) is 4.43. The molecule has 0 fully saturated rings. The predicted octanol–water partition coefficient (Wildman–Crippen LogP) is 1.41. The smallest absolute Gasteiger partial charge is 0.340 e. The first-order chi connectivity index (χ1) is 15.9. The van der Waals surface area contributed by atoms with Crippen LogP contribution in [-0.2, 0) is 10.1 Å². The van der Waals surface area contributed by atoms with Crippen LogP contribution in [0, 0.1) is 5.82 Å². The molecule has 0 atom stereocenters. The molecule has 0 spiro atoms. The Labute approximate surface area is 192 Å². The third-order valence-electron chi connectivity index (χ3n) is 5.68. The summed E-state index contributed by atoms with van der Waals surface area (Å²) >= 11 is 5.95. The zero-order valence-electron chi connectivity index (χ0n) is 16.9.